The number of pyridine rings is 1. The molecule has 1 amide bonds. The van der Waals surface area contributed by atoms with Crippen LogP contribution in [0.1, 0.15) is 56.1 Å². The van der Waals surface area contributed by atoms with Crippen LogP contribution in [0.5, 0.6) is 0 Å². The number of halogens is 3. The van der Waals surface area contributed by atoms with Crippen molar-refractivity contribution in [3.63, 3.8) is 0 Å². The lowest BCUT2D eigenvalue weighted by molar-refractivity contribution is -0.140. The zero-order valence-corrected chi connectivity index (χ0v) is 15.4. The summed E-state index contributed by atoms with van der Waals surface area (Å²) in [6, 6.07) is 1.27. The van der Waals surface area contributed by atoms with E-state index >= 15 is 0 Å². The monoisotopic (exact) mass is 368 g/mol. The molecule has 2 aromatic rings. The Morgan fingerprint density at radius 3 is 2.69 bits per heavy atom. The zero-order valence-electron chi connectivity index (χ0n) is 15.4. The van der Waals surface area contributed by atoms with Crippen molar-refractivity contribution in [2.45, 2.75) is 51.7 Å². The van der Waals surface area contributed by atoms with Gasteiger partial charge in [0.2, 0.25) is 0 Å². The largest absolute Gasteiger partial charge is 0.435 e. The lowest BCUT2D eigenvalue weighted by atomic mass is 9.88. The average Bonchev–Trinajstić information content (AvgIpc) is 3.06. The van der Waals surface area contributed by atoms with Crippen molar-refractivity contribution in [1.82, 2.24) is 19.7 Å². The van der Waals surface area contributed by atoms with E-state index in [9.17, 15) is 18.0 Å². The predicted octanol–water partition coefficient (Wildman–Crippen LogP) is 4.03. The number of rotatable bonds is 3. The van der Waals surface area contributed by atoms with E-state index in [1.165, 1.54) is 19.3 Å². The molecule has 5 nitrogen and oxygen atoms in total. The van der Waals surface area contributed by atoms with Crippen molar-refractivity contribution >= 4 is 16.9 Å². The molecule has 0 N–H and O–H groups in total. The number of carbonyl (C=O) groups is 1. The van der Waals surface area contributed by atoms with Crippen LogP contribution in [0, 0.1) is 5.92 Å². The standard InChI is InChI=1S/C18H23F3N4O/c1-11(2)9-17(3)6-5-7-25(17)16(26)12-8-13-14(18(19,20)21)23-24(4)15(13)22-10-12/h8,10-11H,5-7,9H2,1-4H3. The van der Waals surface area contributed by atoms with Gasteiger partial charge in [0.1, 0.15) is 0 Å². The van der Waals surface area contributed by atoms with Gasteiger partial charge >= 0.3 is 6.18 Å². The summed E-state index contributed by atoms with van der Waals surface area (Å²) in [5, 5.41) is 3.39. The van der Waals surface area contributed by atoms with E-state index < -0.39 is 11.9 Å². The van der Waals surface area contributed by atoms with Gasteiger partial charge in [-0.2, -0.15) is 18.3 Å². The van der Waals surface area contributed by atoms with Gasteiger partial charge in [-0.1, -0.05) is 13.8 Å². The van der Waals surface area contributed by atoms with Crippen LogP contribution >= 0.6 is 0 Å². The van der Waals surface area contributed by atoms with E-state index in [1.54, 1.807) is 4.90 Å². The van der Waals surface area contributed by atoms with Gasteiger partial charge in [-0.3, -0.25) is 4.79 Å². The van der Waals surface area contributed by atoms with Crippen molar-refractivity contribution in [3.8, 4) is 0 Å². The highest BCUT2D eigenvalue weighted by molar-refractivity contribution is 5.98. The predicted molar refractivity (Wildman–Crippen MR) is 91.6 cm³/mol. The summed E-state index contributed by atoms with van der Waals surface area (Å²) in [5.74, 6) is 0.154. The van der Waals surface area contributed by atoms with Gasteiger partial charge in [-0.05, 0) is 38.2 Å². The summed E-state index contributed by atoms with van der Waals surface area (Å²) in [4.78, 5) is 18.9. The van der Waals surface area contributed by atoms with Crippen LogP contribution in [-0.2, 0) is 13.2 Å². The van der Waals surface area contributed by atoms with Crippen molar-refractivity contribution in [3.05, 3.63) is 23.5 Å². The fraction of sp³-hybridized carbons (Fsp3) is 0.611. The molecule has 1 fully saturated rings. The van der Waals surface area contributed by atoms with E-state index in [4.69, 9.17) is 0 Å². The van der Waals surface area contributed by atoms with Crippen LogP contribution in [0.2, 0.25) is 0 Å². The molecule has 26 heavy (non-hydrogen) atoms. The van der Waals surface area contributed by atoms with Gasteiger partial charge in [0, 0.05) is 25.3 Å². The summed E-state index contributed by atoms with van der Waals surface area (Å²) in [6.45, 7) is 6.87. The molecule has 2 aromatic heterocycles. The van der Waals surface area contributed by atoms with Gasteiger partial charge in [-0.25, -0.2) is 9.67 Å². The third-order valence-corrected chi connectivity index (χ3v) is 5.04. The number of nitrogens with zero attached hydrogens (tertiary/aromatic N) is 4. The quantitative estimate of drug-likeness (QED) is 0.822. The Bertz CT molecular complexity index is 843. The number of hydrogen-bond acceptors (Lipinski definition) is 3. The molecule has 0 spiro atoms. The molecule has 3 rings (SSSR count). The molecule has 1 aliphatic rings. The van der Waals surface area contributed by atoms with E-state index in [-0.39, 0.29) is 28.0 Å². The number of amides is 1. The summed E-state index contributed by atoms with van der Waals surface area (Å²) in [7, 11) is 1.41. The van der Waals surface area contributed by atoms with Crippen LogP contribution in [0.15, 0.2) is 12.3 Å². The molecular weight excluding hydrogens is 345 g/mol. The fourth-order valence-electron chi connectivity index (χ4n) is 4.08. The van der Waals surface area contributed by atoms with E-state index in [1.807, 2.05) is 0 Å². The number of carbonyl (C=O) groups excluding carboxylic acids is 1. The first-order chi connectivity index (χ1) is 12.0. The summed E-state index contributed by atoms with van der Waals surface area (Å²) in [6.07, 6.45) is -0.600. The number of likely N-dealkylation sites (tertiary alicyclic amines) is 1. The molecule has 142 valence electrons. The minimum Gasteiger partial charge on any atom is -0.333 e. The highest BCUT2D eigenvalue weighted by Crippen LogP contribution is 2.37. The lowest BCUT2D eigenvalue weighted by Crippen LogP contribution is -2.45. The van der Waals surface area contributed by atoms with Gasteiger partial charge < -0.3 is 4.90 Å². The number of aromatic nitrogens is 3. The van der Waals surface area contributed by atoms with E-state index in [0.717, 1.165) is 23.9 Å². The molecule has 3 heterocycles. The third kappa shape index (κ3) is 3.17. The fourth-order valence-corrected chi connectivity index (χ4v) is 4.08. The number of alkyl halides is 3. The summed E-state index contributed by atoms with van der Waals surface area (Å²) in [5.41, 5.74) is -1.00. The molecule has 0 radical (unpaired) electrons. The van der Waals surface area contributed by atoms with Crippen LogP contribution in [-0.4, -0.2) is 37.7 Å². The number of fused-ring (bicyclic) bond motifs is 1. The third-order valence-electron chi connectivity index (χ3n) is 5.04. The minimum absolute atomic E-state index is 0.111. The molecule has 0 bridgehead atoms. The highest BCUT2D eigenvalue weighted by atomic mass is 19.4. The van der Waals surface area contributed by atoms with Gasteiger partial charge in [-0.15, -0.1) is 0 Å². The van der Waals surface area contributed by atoms with Crippen LogP contribution in [0.25, 0.3) is 11.0 Å². The Morgan fingerprint density at radius 2 is 2.08 bits per heavy atom. The van der Waals surface area contributed by atoms with Crippen molar-refractivity contribution < 1.29 is 18.0 Å². The zero-order chi connectivity index (χ0) is 19.3. The lowest BCUT2D eigenvalue weighted by Gasteiger charge is -2.37. The van der Waals surface area contributed by atoms with Crippen molar-refractivity contribution in [2.24, 2.45) is 13.0 Å². The van der Waals surface area contributed by atoms with Crippen molar-refractivity contribution in [1.29, 1.82) is 0 Å². The molecule has 8 heteroatoms. The molecule has 1 atom stereocenters. The average molecular weight is 368 g/mol. The normalized spacial score (nSPS) is 21.2. The van der Waals surface area contributed by atoms with Gasteiger partial charge in [0.15, 0.2) is 11.3 Å². The molecular formula is C18H23F3N4O. The second kappa shape index (κ2) is 6.25. The Morgan fingerprint density at radius 1 is 1.38 bits per heavy atom. The Labute approximate surface area is 150 Å². The maximum atomic E-state index is 13.2. The van der Waals surface area contributed by atoms with E-state index in [2.05, 4.69) is 30.9 Å². The number of aryl methyl sites for hydroxylation is 1. The summed E-state index contributed by atoms with van der Waals surface area (Å²) < 4.78 is 40.8. The van der Waals surface area contributed by atoms with Crippen molar-refractivity contribution in [2.75, 3.05) is 6.54 Å². The minimum atomic E-state index is -4.59. The van der Waals surface area contributed by atoms with Gasteiger partial charge in [0.25, 0.3) is 5.91 Å². The molecule has 1 saturated heterocycles. The molecule has 0 saturated carbocycles. The van der Waals surface area contributed by atoms with Gasteiger partial charge in [0.05, 0.1) is 10.9 Å². The first-order valence-electron chi connectivity index (χ1n) is 8.75. The second-order valence-electron chi connectivity index (χ2n) is 7.72. The van der Waals surface area contributed by atoms with Crippen LogP contribution in [0.3, 0.4) is 0 Å². The van der Waals surface area contributed by atoms with E-state index in [0.29, 0.717) is 12.5 Å². The first-order valence-corrected chi connectivity index (χ1v) is 8.75. The SMILES string of the molecule is CC(C)CC1(C)CCCN1C(=O)c1cnc2c(c1)c(C(F)(F)F)nn2C. The molecule has 0 aromatic carbocycles. The Hall–Kier alpha value is -2.12. The van der Waals surface area contributed by atoms with Crippen LogP contribution in [0.4, 0.5) is 13.2 Å². The maximum Gasteiger partial charge on any atom is 0.435 e. The Kier molecular flexibility index (Phi) is 4.48. The molecule has 0 aliphatic carbocycles. The topological polar surface area (TPSA) is 51.0 Å². The summed E-state index contributed by atoms with van der Waals surface area (Å²) >= 11 is 0. The van der Waals surface area contributed by atoms with Crippen LogP contribution < -0.4 is 0 Å². The smallest absolute Gasteiger partial charge is 0.333 e. The highest BCUT2D eigenvalue weighted by Gasteiger charge is 2.41. The molecule has 1 unspecified atom stereocenters. The molecule has 1 aliphatic heterocycles. The number of hydrogen-bond donors (Lipinski definition) is 0. The second-order valence-corrected chi connectivity index (χ2v) is 7.72. The Balaban J connectivity index is 2.01. The maximum absolute atomic E-state index is 13.2. The first kappa shape index (κ1) is 18.7.